The Bertz CT molecular complexity index is 914. The smallest absolute Gasteiger partial charge is 0.337 e. The fraction of sp³-hybridized carbons (Fsp3) is 0.250. The Labute approximate surface area is 154 Å². The van der Waals surface area contributed by atoms with E-state index >= 15 is 0 Å². The highest BCUT2D eigenvalue weighted by Gasteiger charge is 2.10. The van der Waals surface area contributed by atoms with Crippen LogP contribution in [0.1, 0.15) is 27.0 Å². The van der Waals surface area contributed by atoms with Crippen LogP contribution in [-0.4, -0.2) is 34.4 Å². The summed E-state index contributed by atoms with van der Waals surface area (Å²) in [5.74, 6) is -0.0485. The molecule has 2 rings (SSSR count). The van der Waals surface area contributed by atoms with Crippen LogP contribution in [0, 0.1) is 6.92 Å². The lowest BCUT2D eigenvalue weighted by Gasteiger charge is -2.11. The summed E-state index contributed by atoms with van der Waals surface area (Å²) in [7, 11) is -1.96. The third kappa shape index (κ3) is 6.04. The van der Waals surface area contributed by atoms with Crippen LogP contribution in [0.4, 0.5) is 0 Å². The van der Waals surface area contributed by atoms with Crippen LogP contribution in [0.2, 0.25) is 0 Å². The van der Waals surface area contributed by atoms with E-state index in [1.54, 1.807) is 18.2 Å². The van der Waals surface area contributed by atoms with Crippen molar-refractivity contribution < 1.29 is 22.7 Å². The third-order valence-electron chi connectivity index (χ3n) is 3.66. The summed E-state index contributed by atoms with van der Waals surface area (Å²) >= 11 is 0. The van der Waals surface area contributed by atoms with Crippen LogP contribution in [0.15, 0.2) is 47.9 Å². The minimum absolute atomic E-state index is 0.342. The highest BCUT2D eigenvalue weighted by Crippen LogP contribution is 2.23. The van der Waals surface area contributed by atoms with E-state index in [0.717, 1.165) is 17.2 Å². The number of methoxy groups -OCH3 is 1. The van der Waals surface area contributed by atoms with Gasteiger partial charge in [0.25, 0.3) is 0 Å². The topological polar surface area (TPSA) is 69.7 Å². The zero-order valence-electron chi connectivity index (χ0n) is 15.1. The molecule has 0 aliphatic carbocycles. The Kier molecular flexibility index (Phi) is 6.58. The largest absolute Gasteiger partial charge is 0.493 e. The first kappa shape index (κ1) is 19.7. The molecule has 2 aromatic rings. The number of aryl methyl sites for hydroxylation is 1. The van der Waals surface area contributed by atoms with E-state index in [1.165, 1.54) is 18.7 Å². The van der Waals surface area contributed by atoms with Gasteiger partial charge in [-0.2, -0.15) is 0 Å². The molecular weight excluding hydrogens is 352 g/mol. The summed E-state index contributed by atoms with van der Waals surface area (Å²) in [5.41, 5.74) is 3.23. The van der Waals surface area contributed by atoms with E-state index in [-0.39, 0.29) is 0 Å². The Hall–Kier alpha value is -2.60. The molecule has 26 heavy (non-hydrogen) atoms. The molecule has 0 aliphatic heterocycles. The van der Waals surface area contributed by atoms with Gasteiger partial charge in [-0.15, -0.1) is 0 Å². The molecule has 0 atom stereocenters. The maximum atomic E-state index is 11.7. The van der Waals surface area contributed by atoms with Crippen LogP contribution >= 0.6 is 0 Å². The SMILES string of the molecule is COC(=O)c1ccc(/C=C/S(C)(=O)=O)c(OCCc2cccc(C)c2)c1. The van der Waals surface area contributed by atoms with Crippen molar-refractivity contribution in [2.24, 2.45) is 0 Å². The van der Waals surface area contributed by atoms with E-state index in [1.807, 2.05) is 25.1 Å². The number of carbonyl (C=O) groups is 1. The van der Waals surface area contributed by atoms with Crippen molar-refractivity contribution in [1.82, 2.24) is 0 Å². The lowest BCUT2D eigenvalue weighted by atomic mass is 10.1. The van der Waals surface area contributed by atoms with Crippen molar-refractivity contribution >= 4 is 21.9 Å². The number of sulfone groups is 1. The van der Waals surface area contributed by atoms with Gasteiger partial charge in [0.05, 0.1) is 19.3 Å². The van der Waals surface area contributed by atoms with Gasteiger partial charge in [-0.3, -0.25) is 0 Å². The standard InChI is InChI=1S/C20H22O5S/c1-15-5-4-6-16(13-15)9-11-25-19-14-18(20(21)24-2)8-7-17(19)10-12-26(3,22)23/h4-8,10,12-14H,9,11H2,1-3H3/b12-10+. The van der Waals surface area contributed by atoms with E-state index < -0.39 is 15.8 Å². The fourth-order valence-corrected chi connectivity index (χ4v) is 2.78. The minimum Gasteiger partial charge on any atom is -0.493 e. The molecule has 0 saturated carbocycles. The fourth-order valence-electron chi connectivity index (χ4n) is 2.39. The predicted molar refractivity (Wildman–Crippen MR) is 102 cm³/mol. The first-order valence-corrected chi connectivity index (χ1v) is 10.0. The molecule has 0 bridgehead atoms. The molecule has 6 heteroatoms. The molecule has 0 aliphatic rings. The first-order chi connectivity index (χ1) is 12.3. The van der Waals surface area contributed by atoms with Crippen LogP contribution in [-0.2, 0) is 21.0 Å². The molecule has 2 aromatic carbocycles. The highest BCUT2D eigenvalue weighted by atomic mass is 32.2. The molecule has 0 heterocycles. The Morgan fingerprint density at radius 1 is 1.15 bits per heavy atom. The molecule has 0 amide bonds. The van der Waals surface area contributed by atoms with Gasteiger partial charge < -0.3 is 9.47 Å². The van der Waals surface area contributed by atoms with E-state index in [2.05, 4.69) is 6.07 Å². The number of hydrogen-bond acceptors (Lipinski definition) is 5. The first-order valence-electron chi connectivity index (χ1n) is 8.07. The van der Waals surface area contributed by atoms with E-state index in [9.17, 15) is 13.2 Å². The van der Waals surface area contributed by atoms with Crippen molar-refractivity contribution in [1.29, 1.82) is 0 Å². The van der Waals surface area contributed by atoms with Crippen LogP contribution in [0.25, 0.3) is 6.08 Å². The molecule has 0 unspecified atom stereocenters. The van der Waals surface area contributed by atoms with Gasteiger partial charge in [0, 0.05) is 23.6 Å². The Morgan fingerprint density at radius 3 is 2.58 bits per heavy atom. The summed E-state index contributed by atoms with van der Waals surface area (Å²) in [4.78, 5) is 11.7. The zero-order chi connectivity index (χ0) is 19.2. The average molecular weight is 374 g/mol. The maximum absolute atomic E-state index is 11.7. The Morgan fingerprint density at radius 2 is 1.92 bits per heavy atom. The number of benzene rings is 2. The molecule has 0 N–H and O–H groups in total. The van der Waals surface area contributed by atoms with Gasteiger partial charge in [-0.25, -0.2) is 13.2 Å². The predicted octanol–water partition coefficient (Wildman–Crippen LogP) is 3.42. The minimum atomic E-state index is -3.27. The number of carbonyl (C=O) groups excluding carboxylic acids is 1. The van der Waals surface area contributed by atoms with Crippen molar-refractivity contribution in [3.8, 4) is 5.75 Å². The monoisotopic (exact) mass is 374 g/mol. The molecule has 0 radical (unpaired) electrons. The summed E-state index contributed by atoms with van der Waals surface area (Å²) in [6, 6.07) is 12.9. The number of ether oxygens (including phenoxy) is 2. The van der Waals surface area contributed by atoms with Gasteiger partial charge >= 0.3 is 5.97 Å². The zero-order valence-corrected chi connectivity index (χ0v) is 15.9. The summed E-state index contributed by atoms with van der Waals surface area (Å²) in [6.45, 7) is 2.42. The number of rotatable bonds is 7. The molecule has 0 aromatic heterocycles. The quantitative estimate of drug-likeness (QED) is 0.695. The van der Waals surface area contributed by atoms with Gasteiger partial charge in [0.2, 0.25) is 0 Å². The van der Waals surface area contributed by atoms with Gasteiger partial charge in [0.1, 0.15) is 5.75 Å². The lowest BCUT2D eigenvalue weighted by Crippen LogP contribution is -2.06. The van der Waals surface area contributed by atoms with Crippen molar-refractivity contribution in [2.75, 3.05) is 20.0 Å². The second-order valence-electron chi connectivity index (χ2n) is 5.96. The molecular formula is C20H22O5S. The maximum Gasteiger partial charge on any atom is 0.337 e. The molecule has 138 valence electrons. The van der Waals surface area contributed by atoms with Crippen molar-refractivity contribution in [3.05, 3.63) is 70.1 Å². The van der Waals surface area contributed by atoms with Crippen LogP contribution in [0.5, 0.6) is 5.75 Å². The highest BCUT2D eigenvalue weighted by molar-refractivity contribution is 7.93. The van der Waals surface area contributed by atoms with E-state index in [4.69, 9.17) is 9.47 Å². The molecule has 0 fully saturated rings. The van der Waals surface area contributed by atoms with Crippen molar-refractivity contribution in [3.63, 3.8) is 0 Å². The van der Waals surface area contributed by atoms with Gasteiger partial charge in [-0.1, -0.05) is 35.9 Å². The second kappa shape index (κ2) is 8.67. The summed E-state index contributed by atoms with van der Waals surface area (Å²) in [5, 5.41) is 1.10. The van der Waals surface area contributed by atoms with Crippen LogP contribution in [0.3, 0.4) is 0 Å². The lowest BCUT2D eigenvalue weighted by molar-refractivity contribution is 0.0600. The van der Waals surface area contributed by atoms with E-state index in [0.29, 0.717) is 29.9 Å². The third-order valence-corrected chi connectivity index (χ3v) is 4.29. The van der Waals surface area contributed by atoms with Gasteiger partial charge in [0.15, 0.2) is 9.84 Å². The van der Waals surface area contributed by atoms with Crippen LogP contribution < -0.4 is 4.74 Å². The normalized spacial score (nSPS) is 11.5. The summed E-state index contributed by atoms with van der Waals surface area (Å²) in [6.07, 6.45) is 3.27. The molecule has 5 nitrogen and oxygen atoms in total. The Balaban J connectivity index is 2.21. The number of hydrogen-bond donors (Lipinski definition) is 0. The van der Waals surface area contributed by atoms with Crippen molar-refractivity contribution in [2.45, 2.75) is 13.3 Å². The average Bonchev–Trinajstić information content (AvgIpc) is 2.59. The summed E-state index contributed by atoms with van der Waals surface area (Å²) < 4.78 is 33.3. The van der Waals surface area contributed by atoms with Gasteiger partial charge in [-0.05, 0) is 30.7 Å². The second-order valence-corrected chi connectivity index (χ2v) is 7.90. The molecule has 0 spiro atoms. The number of esters is 1. The molecule has 0 saturated heterocycles.